The molecule has 0 aliphatic carbocycles. The molecule has 0 bridgehead atoms. The third-order valence-corrected chi connectivity index (χ3v) is 5.10. The van der Waals surface area contributed by atoms with Crippen molar-refractivity contribution in [3.8, 4) is 0 Å². The molecule has 96 valence electrons. The lowest BCUT2D eigenvalue weighted by Gasteiger charge is -2.31. The molecule has 0 fully saturated rings. The number of rotatable bonds is 3. The van der Waals surface area contributed by atoms with E-state index in [-0.39, 0.29) is 5.91 Å². The largest absolute Gasteiger partial charge is 0.480 e. The van der Waals surface area contributed by atoms with E-state index in [0.717, 1.165) is 9.40 Å². The molecule has 4 nitrogen and oxygen atoms in total. The normalized spacial score (nSPS) is 11.7. The van der Waals surface area contributed by atoms with Gasteiger partial charge in [0.05, 0.1) is 4.88 Å². The van der Waals surface area contributed by atoms with Crippen molar-refractivity contribution in [3.63, 3.8) is 0 Å². The van der Waals surface area contributed by atoms with Gasteiger partial charge in [0.1, 0.15) is 5.54 Å². The number of hydrogen-bond acceptors (Lipinski definition) is 4. The fourth-order valence-corrected chi connectivity index (χ4v) is 3.52. The van der Waals surface area contributed by atoms with Crippen LogP contribution in [0, 0.1) is 0 Å². The Morgan fingerprint density at radius 1 is 1.33 bits per heavy atom. The molecule has 0 radical (unpaired) electrons. The number of nitrogens with zero attached hydrogens (tertiary/aromatic N) is 1. The predicted molar refractivity (Wildman–Crippen MR) is 73.5 cm³/mol. The topological polar surface area (TPSA) is 57.6 Å². The van der Waals surface area contributed by atoms with E-state index in [1.807, 2.05) is 17.5 Å². The summed E-state index contributed by atoms with van der Waals surface area (Å²) in [6.45, 7) is 3.03. The molecule has 2 aromatic rings. The van der Waals surface area contributed by atoms with Crippen LogP contribution >= 0.6 is 22.7 Å². The number of carboxylic acids is 1. The van der Waals surface area contributed by atoms with Crippen LogP contribution in [0.15, 0.2) is 17.5 Å². The van der Waals surface area contributed by atoms with Crippen LogP contribution in [0.3, 0.4) is 0 Å². The zero-order valence-electron chi connectivity index (χ0n) is 10.3. The molecule has 6 heteroatoms. The smallest absolute Gasteiger partial charge is 0.329 e. The third-order valence-electron chi connectivity index (χ3n) is 3.02. The first-order chi connectivity index (χ1) is 8.34. The first-order valence-corrected chi connectivity index (χ1v) is 7.02. The second-order valence-electron chi connectivity index (χ2n) is 4.49. The summed E-state index contributed by atoms with van der Waals surface area (Å²) < 4.78 is 2.12. The number of carboxylic acid groups (broad SMARTS) is 1. The molecule has 0 aromatic carbocycles. The van der Waals surface area contributed by atoms with Gasteiger partial charge >= 0.3 is 5.97 Å². The molecular formula is C12H13NO3S2. The molecular weight excluding hydrogens is 270 g/mol. The lowest BCUT2D eigenvalue weighted by Crippen LogP contribution is -2.50. The average molecular weight is 283 g/mol. The van der Waals surface area contributed by atoms with Gasteiger partial charge in [0.15, 0.2) is 0 Å². The SMILES string of the molecule is CN(C(=O)c1cc2sccc2s1)C(C)(C)C(=O)O. The van der Waals surface area contributed by atoms with Crippen molar-refractivity contribution in [3.05, 3.63) is 22.4 Å². The van der Waals surface area contributed by atoms with Crippen molar-refractivity contribution >= 4 is 43.9 Å². The van der Waals surface area contributed by atoms with E-state index in [9.17, 15) is 9.59 Å². The summed E-state index contributed by atoms with van der Waals surface area (Å²) in [6.07, 6.45) is 0. The highest BCUT2D eigenvalue weighted by molar-refractivity contribution is 7.27. The minimum atomic E-state index is -1.21. The highest BCUT2D eigenvalue weighted by Gasteiger charge is 2.36. The molecule has 0 atom stereocenters. The standard InChI is InChI=1S/C12H13NO3S2/c1-12(2,11(15)16)13(3)10(14)9-6-8-7(18-9)4-5-17-8/h4-6H,1-3H3,(H,15,16). The zero-order chi connectivity index (χ0) is 13.5. The van der Waals surface area contributed by atoms with Crippen molar-refractivity contribution in [1.29, 1.82) is 0 Å². The summed E-state index contributed by atoms with van der Waals surface area (Å²) >= 11 is 2.97. The Balaban J connectivity index is 2.31. The first-order valence-electron chi connectivity index (χ1n) is 5.32. The summed E-state index contributed by atoms with van der Waals surface area (Å²) in [5.74, 6) is -1.27. The molecule has 0 unspecified atom stereocenters. The van der Waals surface area contributed by atoms with E-state index in [4.69, 9.17) is 5.11 Å². The van der Waals surface area contributed by atoms with Gasteiger partial charge in [0.25, 0.3) is 5.91 Å². The fraction of sp³-hybridized carbons (Fsp3) is 0.333. The zero-order valence-corrected chi connectivity index (χ0v) is 11.9. The van der Waals surface area contributed by atoms with Gasteiger partial charge in [-0.2, -0.15) is 0 Å². The lowest BCUT2D eigenvalue weighted by molar-refractivity contribution is -0.147. The summed E-state index contributed by atoms with van der Waals surface area (Å²) in [5, 5.41) is 11.1. The second-order valence-corrected chi connectivity index (χ2v) is 6.52. The van der Waals surface area contributed by atoms with Gasteiger partial charge in [-0.3, -0.25) is 4.79 Å². The Hall–Kier alpha value is -1.40. The number of thiophene rings is 2. The van der Waals surface area contributed by atoms with Gasteiger partial charge in [0.2, 0.25) is 0 Å². The van der Waals surface area contributed by atoms with E-state index in [1.54, 1.807) is 11.3 Å². The number of likely N-dealkylation sites (N-methyl/N-ethyl adjacent to an activating group) is 1. The monoisotopic (exact) mass is 283 g/mol. The quantitative estimate of drug-likeness (QED) is 0.942. The Kier molecular flexibility index (Phi) is 3.16. The summed E-state index contributed by atoms with van der Waals surface area (Å²) in [7, 11) is 1.52. The van der Waals surface area contributed by atoms with Crippen molar-refractivity contribution in [2.24, 2.45) is 0 Å². The van der Waals surface area contributed by atoms with Crippen molar-refractivity contribution < 1.29 is 14.7 Å². The Morgan fingerprint density at radius 2 is 2.00 bits per heavy atom. The number of hydrogen-bond donors (Lipinski definition) is 1. The van der Waals surface area contributed by atoms with Gasteiger partial charge < -0.3 is 10.0 Å². The lowest BCUT2D eigenvalue weighted by atomic mass is 10.0. The molecule has 0 saturated carbocycles. The van der Waals surface area contributed by atoms with Gasteiger partial charge in [-0.25, -0.2) is 4.79 Å². The van der Waals surface area contributed by atoms with Crippen molar-refractivity contribution in [2.45, 2.75) is 19.4 Å². The number of aliphatic carboxylic acids is 1. The molecule has 0 aliphatic rings. The predicted octanol–water partition coefficient (Wildman–Crippen LogP) is 2.90. The van der Waals surface area contributed by atoms with Gasteiger partial charge in [0, 0.05) is 16.4 Å². The summed E-state index contributed by atoms with van der Waals surface area (Å²) in [4.78, 5) is 25.2. The molecule has 1 amide bonds. The van der Waals surface area contributed by atoms with Crippen LogP contribution in [-0.2, 0) is 4.79 Å². The minimum Gasteiger partial charge on any atom is -0.480 e. The van der Waals surface area contributed by atoms with E-state index >= 15 is 0 Å². The molecule has 0 spiro atoms. The maximum absolute atomic E-state index is 12.2. The fourth-order valence-electron chi connectivity index (χ4n) is 1.43. The number of carbonyl (C=O) groups excluding carboxylic acids is 1. The van der Waals surface area contributed by atoms with Crippen LogP contribution < -0.4 is 0 Å². The van der Waals surface area contributed by atoms with Crippen LogP contribution in [0.25, 0.3) is 9.40 Å². The molecule has 2 heterocycles. The van der Waals surface area contributed by atoms with Crippen molar-refractivity contribution in [1.82, 2.24) is 4.90 Å². The number of fused-ring (bicyclic) bond motifs is 1. The Bertz CT molecular complexity index is 583. The molecule has 2 rings (SSSR count). The Morgan fingerprint density at radius 3 is 2.56 bits per heavy atom. The molecule has 0 saturated heterocycles. The summed E-state index contributed by atoms with van der Waals surface area (Å²) in [5.41, 5.74) is -1.21. The van der Waals surface area contributed by atoms with Gasteiger partial charge in [-0.05, 0) is 31.4 Å². The minimum absolute atomic E-state index is 0.254. The van der Waals surface area contributed by atoms with E-state index < -0.39 is 11.5 Å². The molecule has 0 aliphatic heterocycles. The van der Waals surface area contributed by atoms with Crippen LogP contribution in [-0.4, -0.2) is 34.5 Å². The first kappa shape index (κ1) is 13.0. The van der Waals surface area contributed by atoms with Gasteiger partial charge in [-0.15, -0.1) is 22.7 Å². The average Bonchev–Trinajstić information content (AvgIpc) is 2.86. The van der Waals surface area contributed by atoms with Crippen LogP contribution in [0.4, 0.5) is 0 Å². The molecule has 1 N–H and O–H groups in total. The van der Waals surface area contributed by atoms with Crippen LogP contribution in [0.5, 0.6) is 0 Å². The molecule has 18 heavy (non-hydrogen) atoms. The summed E-state index contributed by atoms with van der Waals surface area (Å²) in [6, 6.07) is 3.78. The van der Waals surface area contributed by atoms with E-state index in [0.29, 0.717) is 4.88 Å². The maximum Gasteiger partial charge on any atom is 0.329 e. The van der Waals surface area contributed by atoms with E-state index in [1.165, 1.54) is 37.1 Å². The van der Waals surface area contributed by atoms with Gasteiger partial charge in [-0.1, -0.05) is 0 Å². The number of amides is 1. The number of carbonyl (C=O) groups is 2. The van der Waals surface area contributed by atoms with E-state index in [2.05, 4.69) is 0 Å². The third kappa shape index (κ3) is 2.02. The highest BCUT2D eigenvalue weighted by atomic mass is 32.1. The van der Waals surface area contributed by atoms with Crippen LogP contribution in [0.1, 0.15) is 23.5 Å². The van der Waals surface area contributed by atoms with Crippen molar-refractivity contribution in [2.75, 3.05) is 7.05 Å². The molecule has 2 aromatic heterocycles. The highest BCUT2D eigenvalue weighted by Crippen LogP contribution is 2.31. The Labute approximate surface area is 112 Å². The second kappa shape index (κ2) is 4.37. The van der Waals surface area contributed by atoms with Crippen LogP contribution in [0.2, 0.25) is 0 Å². The maximum atomic E-state index is 12.2.